The van der Waals surface area contributed by atoms with Crippen LogP contribution in [0.25, 0.3) is 0 Å². The molecule has 0 bridgehead atoms. The second kappa shape index (κ2) is 3.34. The van der Waals surface area contributed by atoms with Crippen LogP contribution >= 0.6 is 11.6 Å². The molecule has 0 spiro atoms. The monoisotopic (exact) mass is 194 g/mol. The normalized spacial score (nSPS) is 18.7. The van der Waals surface area contributed by atoms with Gasteiger partial charge in [0.15, 0.2) is 0 Å². The summed E-state index contributed by atoms with van der Waals surface area (Å²) in [6.07, 6.45) is 2.61. The van der Waals surface area contributed by atoms with Crippen molar-refractivity contribution in [3.05, 3.63) is 34.9 Å². The molecule has 0 aromatic heterocycles. The van der Waals surface area contributed by atoms with E-state index in [4.69, 9.17) is 11.6 Å². The van der Waals surface area contributed by atoms with E-state index >= 15 is 0 Å². The molecule has 1 aromatic carbocycles. The number of rotatable bonds is 2. The van der Waals surface area contributed by atoms with Crippen LogP contribution in [-0.4, -0.2) is 0 Å². The molecular formula is C12H15Cl. The Balaban J connectivity index is 2.28. The van der Waals surface area contributed by atoms with Gasteiger partial charge in [-0.3, -0.25) is 0 Å². The van der Waals surface area contributed by atoms with E-state index in [0.717, 1.165) is 5.92 Å². The van der Waals surface area contributed by atoms with E-state index in [2.05, 4.69) is 32.0 Å². The van der Waals surface area contributed by atoms with Crippen LogP contribution in [0.5, 0.6) is 0 Å². The van der Waals surface area contributed by atoms with Crippen LogP contribution in [0.1, 0.15) is 34.9 Å². The lowest BCUT2D eigenvalue weighted by atomic mass is 10.0. The third-order valence-electron chi connectivity index (χ3n) is 2.76. The van der Waals surface area contributed by atoms with E-state index in [1.165, 1.54) is 29.5 Å². The Morgan fingerprint density at radius 1 is 1.31 bits per heavy atom. The first-order valence-corrected chi connectivity index (χ1v) is 5.33. The Hall–Kier alpha value is -0.490. The fraction of sp³-hybridized carbons (Fsp3) is 0.500. The van der Waals surface area contributed by atoms with Crippen LogP contribution in [0.4, 0.5) is 0 Å². The molecule has 0 N–H and O–H groups in total. The third-order valence-corrected chi connectivity index (χ3v) is 3.35. The summed E-state index contributed by atoms with van der Waals surface area (Å²) in [5.74, 6) is 0.739. The molecule has 0 radical (unpaired) electrons. The molecule has 1 fully saturated rings. The van der Waals surface area contributed by atoms with Gasteiger partial charge in [-0.25, -0.2) is 0 Å². The van der Waals surface area contributed by atoms with Gasteiger partial charge >= 0.3 is 0 Å². The fourth-order valence-electron chi connectivity index (χ4n) is 1.78. The van der Waals surface area contributed by atoms with E-state index in [9.17, 15) is 0 Å². The highest BCUT2D eigenvalue weighted by Crippen LogP contribution is 2.45. The standard InChI is InChI=1S/C12H15Cl/c1-8-3-6-11(9(2)7-8)12(13)10-4-5-10/h3,6-7,10,12H,4-5H2,1-2H3. The molecule has 0 amide bonds. The average Bonchev–Trinajstić information content (AvgIpc) is 2.85. The topological polar surface area (TPSA) is 0 Å². The maximum atomic E-state index is 6.36. The second-order valence-corrected chi connectivity index (χ2v) is 4.57. The quantitative estimate of drug-likeness (QED) is 0.625. The molecular weight excluding hydrogens is 180 g/mol. The van der Waals surface area contributed by atoms with Crippen LogP contribution in [0.3, 0.4) is 0 Å². The number of alkyl halides is 1. The van der Waals surface area contributed by atoms with Crippen LogP contribution in [-0.2, 0) is 0 Å². The van der Waals surface area contributed by atoms with Gasteiger partial charge in [0.1, 0.15) is 0 Å². The Bertz CT molecular complexity index is 313. The molecule has 1 atom stereocenters. The van der Waals surface area contributed by atoms with Crippen molar-refractivity contribution in [1.82, 2.24) is 0 Å². The van der Waals surface area contributed by atoms with Crippen LogP contribution in [0.2, 0.25) is 0 Å². The zero-order valence-electron chi connectivity index (χ0n) is 8.18. The minimum atomic E-state index is 0.251. The predicted octanol–water partition coefficient (Wildman–Crippen LogP) is 3.99. The van der Waals surface area contributed by atoms with Gasteiger partial charge in [-0.1, -0.05) is 23.8 Å². The van der Waals surface area contributed by atoms with Gasteiger partial charge in [0, 0.05) is 0 Å². The van der Waals surface area contributed by atoms with Crippen LogP contribution in [0.15, 0.2) is 18.2 Å². The number of halogens is 1. The van der Waals surface area contributed by atoms with E-state index in [0.29, 0.717) is 0 Å². The van der Waals surface area contributed by atoms with Gasteiger partial charge in [0.05, 0.1) is 5.38 Å². The molecule has 0 aliphatic heterocycles. The Morgan fingerprint density at radius 2 is 2.00 bits per heavy atom. The SMILES string of the molecule is Cc1ccc(C(Cl)C2CC2)c(C)c1. The first kappa shape index (κ1) is 9.08. The maximum Gasteiger partial charge on any atom is 0.0615 e. The van der Waals surface area contributed by atoms with Gasteiger partial charge in [0.2, 0.25) is 0 Å². The van der Waals surface area contributed by atoms with E-state index < -0.39 is 0 Å². The highest BCUT2D eigenvalue weighted by atomic mass is 35.5. The largest absolute Gasteiger partial charge is 0.118 e. The molecule has 1 heteroatoms. The second-order valence-electron chi connectivity index (χ2n) is 4.10. The molecule has 1 aliphatic rings. The van der Waals surface area contributed by atoms with Gasteiger partial charge in [-0.15, -0.1) is 11.6 Å². The van der Waals surface area contributed by atoms with E-state index in [1.807, 2.05) is 0 Å². The molecule has 1 aromatic rings. The summed E-state index contributed by atoms with van der Waals surface area (Å²) in [7, 11) is 0. The molecule has 0 saturated heterocycles. The molecule has 70 valence electrons. The van der Waals surface area contributed by atoms with Crippen molar-refractivity contribution in [3.8, 4) is 0 Å². The fourth-order valence-corrected chi connectivity index (χ4v) is 2.27. The minimum Gasteiger partial charge on any atom is -0.118 e. The molecule has 13 heavy (non-hydrogen) atoms. The van der Waals surface area contributed by atoms with Crippen molar-refractivity contribution in [3.63, 3.8) is 0 Å². The van der Waals surface area contributed by atoms with Gasteiger partial charge in [-0.05, 0) is 43.7 Å². The van der Waals surface area contributed by atoms with Crippen molar-refractivity contribution in [2.45, 2.75) is 32.1 Å². The average molecular weight is 195 g/mol. The van der Waals surface area contributed by atoms with Crippen molar-refractivity contribution < 1.29 is 0 Å². The van der Waals surface area contributed by atoms with E-state index in [1.54, 1.807) is 0 Å². The summed E-state index contributed by atoms with van der Waals surface area (Å²) in [6, 6.07) is 6.55. The highest BCUT2D eigenvalue weighted by molar-refractivity contribution is 6.21. The summed E-state index contributed by atoms with van der Waals surface area (Å²) < 4.78 is 0. The first-order chi connectivity index (χ1) is 6.18. The summed E-state index contributed by atoms with van der Waals surface area (Å²) in [4.78, 5) is 0. The van der Waals surface area contributed by atoms with Gasteiger partial charge in [-0.2, -0.15) is 0 Å². The van der Waals surface area contributed by atoms with E-state index in [-0.39, 0.29) is 5.38 Å². The molecule has 1 saturated carbocycles. The minimum absolute atomic E-state index is 0.251. The Morgan fingerprint density at radius 3 is 2.54 bits per heavy atom. The molecule has 1 aliphatic carbocycles. The molecule has 0 heterocycles. The lowest BCUT2D eigenvalue weighted by Gasteiger charge is -2.12. The van der Waals surface area contributed by atoms with Crippen molar-refractivity contribution in [2.75, 3.05) is 0 Å². The highest BCUT2D eigenvalue weighted by Gasteiger charge is 2.31. The number of aryl methyl sites for hydroxylation is 2. The summed E-state index contributed by atoms with van der Waals surface area (Å²) in [6.45, 7) is 4.28. The van der Waals surface area contributed by atoms with Gasteiger partial charge < -0.3 is 0 Å². The Labute approximate surface area is 84.9 Å². The summed E-state index contributed by atoms with van der Waals surface area (Å²) >= 11 is 6.36. The lowest BCUT2D eigenvalue weighted by molar-refractivity contribution is 0.791. The van der Waals surface area contributed by atoms with Crippen LogP contribution in [0, 0.1) is 19.8 Å². The summed E-state index contributed by atoms with van der Waals surface area (Å²) in [5, 5.41) is 0.251. The predicted molar refractivity (Wildman–Crippen MR) is 57.2 cm³/mol. The number of hydrogen-bond donors (Lipinski definition) is 0. The summed E-state index contributed by atoms with van der Waals surface area (Å²) in [5.41, 5.74) is 3.99. The zero-order chi connectivity index (χ0) is 9.42. The van der Waals surface area contributed by atoms with Gasteiger partial charge in [0.25, 0.3) is 0 Å². The van der Waals surface area contributed by atoms with Crippen LogP contribution < -0.4 is 0 Å². The molecule has 0 nitrogen and oxygen atoms in total. The maximum absolute atomic E-state index is 6.36. The smallest absolute Gasteiger partial charge is 0.0615 e. The zero-order valence-corrected chi connectivity index (χ0v) is 8.93. The lowest BCUT2D eigenvalue weighted by Crippen LogP contribution is -1.96. The molecule has 2 rings (SSSR count). The first-order valence-electron chi connectivity index (χ1n) is 4.89. The van der Waals surface area contributed by atoms with Crippen molar-refractivity contribution in [2.24, 2.45) is 5.92 Å². The number of benzene rings is 1. The Kier molecular flexibility index (Phi) is 2.33. The number of hydrogen-bond acceptors (Lipinski definition) is 0. The van der Waals surface area contributed by atoms with Crippen molar-refractivity contribution in [1.29, 1.82) is 0 Å². The third kappa shape index (κ3) is 1.88. The molecule has 1 unspecified atom stereocenters. The van der Waals surface area contributed by atoms with Crippen molar-refractivity contribution >= 4 is 11.6 Å².